The summed E-state index contributed by atoms with van der Waals surface area (Å²) in [5.74, 6) is -1.85. The van der Waals surface area contributed by atoms with Crippen LogP contribution in [0.25, 0.3) is 0 Å². The molecule has 8 heteroatoms. The molecular formula is C7H4ClF3N2O2. The average molecular weight is 241 g/mol. The van der Waals surface area contributed by atoms with Crippen LogP contribution in [-0.4, -0.2) is 17.3 Å². The molecule has 15 heavy (non-hydrogen) atoms. The Morgan fingerprint density at radius 1 is 1.53 bits per heavy atom. The molecule has 0 aliphatic carbocycles. The minimum atomic E-state index is -4.92. The number of carbonyl (C=O) groups is 1. The van der Waals surface area contributed by atoms with Crippen molar-refractivity contribution in [2.75, 3.05) is 0 Å². The van der Waals surface area contributed by atoms with Gasteiger partial charge >= 0.3 is 6.36 Å². The first kappa shape index (κ1) is 11.6. The predicted molar refractivity (Wildman–Crippen MR) is 44.4 cm³/mol. The lowest BCUT2D eigenvalue weighted by Crippen LogP contribution is -2.21. The van der Waals surface area contributed by atoms with Crippen molar-refractivity contribution in [3.63, 3.8) is 0 Å². The summed E-state index contributed by atoms with van der Waals surface area (Å²) >= 11 is 5.34. The molecule has 0 atom stereocenters. The van der Waals surface area contributed by atoms with Crippen LogP contribution < -0.4 is 10.5 Å². The van der Waals surface area contributed by atoms with Gasteiger partial charge in [0, 0.05) is 12.3 Å². The highest BCUT2D eigenvalue weighted by Crippen LogP contribution is 2.27. The zero-order chi connectivity index (χ0) is 11.6. The number of primary amides is 1. The quantitative estimate of drug-likeness (QED) is 0.801. The van der Waals surface area contributed by atoms with Crippen LogP contribution in [0.5, 0.6) is 5.75 Å². The lowest BCUT2D eigenvalue weighted by Gasteiger charge is -2.11. The fourth-order valence-electron chi connectivity index (χ4n) is 0.807. The van der Waals surface area contributed by atoms with Crippen LogP contribution in [0.15, 0.2) is 12.3 Å². The molecule has 0 saturated heterocycles. The fourth-order valence-corrected chi connectivity index (χ4v) is 0.955. The van der Waals surface area contributed by atoms with E-state index in [0.29, 0.717) is 0 Å². The lowest BCUT2D eigenvalue weighted by molar-refractivity contribution is -0.274. The molecule has 1 heterocycles. The number of amides is 1. The summed E-state index contributed by atoms with van der Waals surface area (Å²) in [6.45, 7) is 0. The van der Waals surface area contributed by atoms with Gasteiger partial charge in [0.25, 0.3) is 5.91 Å². The summed E-state index contributed by atoms with van der Waals surface area (Å²) in [6.07, 6.45) is -4.11. The molecular weight excluding hydrogens is 237 g/mol. The zero-order valence-electron chi connectivity index (χ0n) is 7.01. The summed E-state index contributed by atoms with van der Waals surface area (Å²) in [4.78, 5) is 14.1. The number of carbonyl (C=O) groups excluding carboxylic acids is 1. The molecule has 0 aliphatic rings. The van der Waals surface area contributed by atoms with Crippen LogP contribution in [0.2, 0.25) is 5.15 Å². The molecule has 0 unspecified atom stereocenters. The number of pyridine rings is 1. The van der Waals surface area contributed by atoms with Crippen LogP contribution >= 0.6 is 11.6 Å². The van der Waals surface area contributed by atoms with Crippen LogP contribution in [0.3, 0.4) is 0 Å². The van der Waals surface area contributed by atoms with E-state index < -0.39 is 23.6 Å². The van der Waals surface area contributed by atoms with Gasteiger partial charge in [-0.15, -0.1) is 13.2 Å². The Morgan fingerprint density at radius 3 is 2.60 bits per heavy atom. The molecule has 1 amide bonds. The van der Waals surface area contributed by atoms with Gasteiger partial charge in [-0.25, -0.2) is 4.98 Å². The Bertz CT molecular complexity index is 394. The smallest absolute Gasteiger partial charge is 0.405 e. The van der Waals surface area contributed by atoms with E-state index in [4.69, 9.17) is 17.3 Å². The Balaban J connectivity index is 3.13. The second-order valence-electron chi connectivity index (χ2n) is 2.42. The van der Waals surface area contributed by atoms with Gasteiger partial charge in [-0.1, -0.05) is 11.6 Å². The third-order valence-corrected chi connectivity index (χ3v) is 1.53. The van der Waals surface area contributed by atoms with E-state index in [-0.39, 0.29) is 5.15 Å². The molecule has 1 rings (SSSR count). The molecule has 0 aromatic carbocycles. The molecule has 82 valence electrons. The van der Waals surface area contributed by atoms with E-state index >= 15 is 0 Å². The molecule has 2 N–H and O–H groups in total. The molecule has 0 spiro atoms. The van der Waals surface area contributed by atoms with Crippen LogP contribution in [0, 0.1) is 0 Å². The van der Waals surface area contributed by atoms with Gasteiger partial charge < -0.3 is 10.5 Å². The molecule has 4 nitrogen and oxygen atoms in total. The number of rotatable bonds is 2. The highest BCUT2D eigenvalue weighted by atomic mass is 35.5. The molecule has 0 fully saturated rings. The number of hydrogen-bond acceptors (Lipinski definition) is 3. The molecule has 1 aromatic heterocycles. The Hall–Kier alpha value is -1.50. The van der Waals surface area contributed by atoms with Gasteiger partial charge in [-0.2, -0.15) is 0 Å². The normalized spacial score (nSPS) is 11.2. The Labute approximate surface area is 86.8 Å². The van der Waals surface area contributed by atoms with E-state index in [2.05, 4.69) is 9.72 Å². The first-order valence-corrected chi connectivity index (χ1v) is 3.88. The maximum absolute atomic E-state index is 11.9. The first-order chi connectivity index (χ1) is 6.79. The van der Waals surface area contributed by atoms with Crippen molar-refractivity contribution in [3.8, 4) is 5.75 Å². The van der Waals surface area contributed by atoms with Crippen molar-refractivity contribution < 1.29 is 22.7 Å². The standard InChI is InChI=1S/C7H4ClF3N2O2/c8-5-1-4(15-7(9,10)11)3(2-13-5)6(12)14/h1-2H,(H2,12,14). The summed E-state index contributed by atoms with van der Waals surface area (Å²) in [5, 5.41) is -0.237. The van der Waals surface area contributed by atoms with Crippen molar-refractivity contribution >= 4 is 17.5 Å². The van der Waals surface area contributed by atoms with E-state index in [1.54, 1.807) is 0 Å². The maximum Gasteiger partial charge on any atom is 0.573 e. The van der Waals surface area contributed by atoms with E-state index in [1.165, 1.54) is 0 Å². The number of hydrogen-bond donors (Lipinski definition) is 1. The Morgan fingerprint density at radius 2 is 2.13 bits per heavy atom. The summed E-state index contributed by atoms with van der Waals surface area (Å²) in [7, 11) is 0. The third kappa shape index (κ3) is 3.28. The van der Waals surface area contributed by atoms with E-state index in [0.717, 1.165) is 12.3 Å². The maximum atomic E-state index is 11.9. The van der Waals surface area contributed by atoms with Gasteiger partial charge in [0.1, 0.15) is 10.9 Å². The second-order valence-corrected chi connectivity index (χ2v) is 2.80. The summed E-state index contributed by atoms with van der Waals surface area (Å²) in [5.41, 5.74) is 4.32. The molecule has 0 bridgehead atoms. The largest absolute Gasteiger partial charge is 0.573 e. The average Bonchev–Trinajstić information content (AvgIpc) is 1.99. The van der Waals surface area contributed by atoms with Gasteiger partial charge in [0.2, 0.25) is 0 Å². The third-order valence-electron chi connectivity index (χ3n) is 1.32. The van der Waals surface area contributed by atoms with Crippen molar-refractivity contribution in [2.24, 2.45) is 5.73 Å². The number of nitrogens with zero attached hydrogens (tertiary/aromatic N) is 1. The highest BCUT2D eigenvalue weighted by molar-refractivity contribution is 6.29. The lowest BCUT2D eigenvalue weighted by atomic mass is 10.2. The zero-order valence-corrected chi connectivity index (χ0v) is 7.76. The van der Waals surface area contributed by atoms with Gasteiger partial charge in [0.05, 0.1) is 5.56 Å². The van der Waals surface area contributed by atoms with Gasteiger partial charge in [0.15, 0.2) is 0 Å². The second kappa shape index (κ2) is 3.93. The predicted octanol–water partition coefficient (Wildman–Crippen LogP) is 1.73. The first-order valence-electron chi connectivity index (χ1n) is 3.50. The minimum absolute atomic E-state index is 0.237. The van der Waals surface area contributed by atoms with Crippen molar-refractivity contribution in [2.45, 2.75) is 6.36 Å². The number of ether oxygens (including phenoxy) is 1. The van der Waals surface area contributed by atoms with E-state index in [9.17, 15) is 18.0 Å². The van der Waals surface area contributed by atoms with Gasteiger partial charge in [-0.3, -0.25) is 4.79 Å². The topological polar surface area (TPSA) is 65.2 Å². The number of aromatic nitrogens is 1. The molecule has 0 saturated carbocycles. The number of nitrogens with two attached hydrogens (primary N) is 1. The molecule has 1 aromatic rings. The van der Waals surface area contributed by atoms with Crippen molar-refractivity contribution in [1.82, 2.24) is 4.98 Å². The fraction of sp³-hybridized carbons (Fsp3) is 0.143. The molecule has 0 aliphatic heterocycles. The van der Waals surface area contributed by atoms with Crippen LogP contribution in [-0.2, 0) is 0 Å². The van der Waals surface area contributed by atoms with Crippen LogP contribution in [0.1, 0.15) is 10.4 Å². The van der Waals surface area contributed by atoms with Crippen molar-refractivity contribution in [1.29, 1.82) is 0 Å². The SMILES string of the molecule is NC(=O)c1cnc(Cl)cc1OC(F)(F)F. The Kier molecular flexibility index (Phi) is 3.04. The summed E-state index contributed by atoms with van der Waals surface area (Å²) < 4.78 is 39.2. The molecule has 0 radical (unpaired) electrons. The van der Waals surface area contributed by atoms with E-state index in [1.807, 2.05) is 0 Å². The number of alkyl halides is 3. The minimum Gasteiger partial charge on any atom is -0.405 e. The summed E-state index contributed by atoms with van der Waals surface area (Å²) in [6, 6.07) is 0.759. The highest BCUT2D eigenvalue weighted by Gasteiger charge is 2.33. The van der Waals surface area contributed by atoms with Crippen LogP contribution in [0.4, 0.5) is 13.2 Å². The monoisotopic (exact) mass is 240 g/mol. The van der Waals surface area contributed by atoms with Crippen molar-refractivity contribution in [3.05, 3.63) is 23.0 Å². The number of halogens is 4. The van der Waals surface area contributed by atoms with Gasteiger partial charge in [-0.05, 0) is 0 Å².